The molecule has 0 aromatic heterocycles. The number of carbonyl (C=O) groups excluding carboxylic acids is 2. The Kier molecular flexibility index (Phi) is 11.1. The molecule has 2 fully saturated rings. The number of carbonyl (C=O) groups is 2. The maximum Gasteiger partial charge on any atom is 0.317 e. The lowest BCUT2D eigenvalue weighted by atomic mass is 9.74. The highest BCUT2D eigenvalue weighted by atomic mass is 35.5. The molecule has 1 saturated carbocycles. The van der Waals surface area contributed by atoms with Crippen LogP contribution in [0.4, 0.5) is 4.79 Å². The number of hydrogen-bond donors (Lipinski definition) is 4. The number of likely N-dealkylation sites (N-methyl/N-ethyl adjacent to an activating group) is 1. The van der Waals surface area contributed by atoms with Crippen molar-refractivity contribution in [2.45, 2.75) is 75.9 Å². The first kappa shape index (κ1) is 27.8. The van der Waals surface area contributed by atoms with Crippen molar-refractivity contribution in [1.29, 1.82) is 0 Å². The number of piperidine rings is 1. The highest BCUT2D eigenvalue weighted by molar-refractivity contribution is 6.30. The van der Waals surface area contributed by atoms with Crippen LogP contribution in [-0.4, -0.2) is 61.7 Å². The maximum atomic E-state index is 13.3. The van der Waals surface area contributed by atoms with Gasteiger partial charge in [-0.05, 0) is 62.8 Å². The summed E-state index contributed by atoms with van der Waals surface area (Å²) in [5.74, 6) is 0.571. The van der Waals surface area contributed by atoms with E-state index in [0.29, 0.717) is 49.8 Å². The first-order chi connectivity index (χ1) is 17.0. The molecule has 1 heterocycles. The molecule has 3 amide bonds. The van der Waals surface area contributed by atoms with Crippen molar-refractivity contribution in [2.75, 3.05) is 33.2 Å². The zero-order valence-electron chi connectivity index (χ0n) is 21.1. The first-order valence-electron chi connectivity index (χ1n) is 13.3. The predicted octanol–water partition coefficient (Wildman–Crippen LogP) is 4.03. The largest absolute Gasteiger partial charge is 0.385 e. The number of halogens is 1. The maximum absolute atomic E-state index is 13.3. The van der Waals surface area contributed by atoms with Crippen LogP contribution in [0.1, 0.15) is 69.8 Å². The summed E-state index contributed by atoms with van der Waals surface area (Å²) in [4.78, 5) is 25.9. The molecule has 1 aliphatic carbocycles. The molecule has 0 bridgehead atoms. The monoisotopic (exact) mass is 506 g/mol. The molecule has 0 spiro atoms. The van der Waals surface area contributed by atoms with Crippen molar-refractivity contribution in [1.82, 2.24) is 20.9 Å². The Balaban J connectivity index is 1.68. The number of nitrogens with zero attached hydrogens (tertiary/aromatic N) is 1. The van der Waals surface area contributed by atoms with Crippen LogP contribution in [0.2, 0.25) is 5.02 Å². The fourth-order valence-corrected chi connectivity index (χ4v) is 6.13. The summed E-state index contributed by atoms with van der Waals surface area (Å²) in [6.07, 6.45) is 10.9. The van der Waals surface area contributed by atoms with Crippen molar-refractivity contribution in [2.24, 2.45) is 11.8 Å². The van der Waals surface area contributed by atoms with E-state index >= 15 is 0 Å². The molecule has 0 radical (unpaired) electrons. The van der Waals surface area contributed by atoms with E-state index in [0.717, 1.165) is 31.4 Å². The van der Waals surface area contributed by atoms with Gasteiger partial charge in [0.2, 0.25) is 6.41 Å². The highest BCUT2D eigenvalue weighted by Crippen LogP contribution is 2.40. The van der Waals surface area contributed by atoms with Crippen LogP contribution < -0.4 is 16.0 Å². The van der Waals surface area contributed by atoms with Crippen LogP contribution in [0.25, 0.3) is 0 Å². The lowest BCUT2D eigenvalue weighted by Gasteiger charge is -2.43. The van der Waals surface area contributed by atoms with Gasteiger partial charge in [0.15, 0.2) is 0 Å². The molecular formula is C27H43ClN4O3. The van der Waals surface area contributed by atoms with Gasteiger partial charge in [0, 0.05) is 43.2 Å². The molecule has 2 aliphatic rings. The Labute approximate surface area is 215 Å². The molecule has 1 saturated heterocycles. The number of hydrogen-bond acceptors (Lipinski definition) is 4. The van der Waals surface area contributed by atoms with Gasteiger partial charge in [-0.3, -0.25) is 4.79 Å². The van der Waals surface area contributed by atoms with Gasteiger partial charge >= 0.3 is 6.03 Å². The summed E-state index contributed by atoms with van der Waals surface area (Å²) >= 11 is 6.27. The molecule has 35 heavy (non-hydrogen) atoms. The third-order valence-corrected chi connectivity index (χ3v) is 8.03. The number of nitrogens with one attached hydrogen (secondary N) is 3. The average Bonchev–Trinajstić information content (AvgIpc) is 2.87. The summed E-state index contributed by atoms with van der Waals surface area (Å²) in [7, 11) is 1.93. The zero-order chi connectivity index (χ0) is 25.1. The van der Waals surface area contributed by atoms with Crippen LogP contribution >= 0.6 is 11.6 Å². The SMILES string of the molecule is CNC[C@H](CC1CCCCC1)NC(=O)N1CCC[C@@H]([C@@](O)(CCCNC=O)c2cccc(Cl)c2)C1. The van der Waals surface area contributed by atoms with Crippen LogP contribution in [0.3, 0.4) is 0 Å². The standard InChI is InChI=1S/C27H43ClN4O3/c1-29-18-25(16-21-8-3-2-4-9-21)31-26(34)32-15-6-11-23(19-32)27(35,13-7-14-30-20-33)22-10-5-12-24(28)17-22/h5,10,12,17,20-21,23,25,29,35H,2-4,6-9,11,13-16,18-19H2,1H3,(H,30,33)(H,31,34)/t23-,25+,27-/m1/s1. The zero-order valence-corrected chi connectivity index (χ0v) is 21.9. The summed E-state index contributed by atoms with van der Waals surface area (Å²) in [5, 5.41) is 21.8. The van der Waals surface area contributed by atoms with Crippen molar-refractivity contribution >= 4 is 24.0 Å². The molecule has 3 atom stereocenters. The third kappa shape index (κ3) is 8.09. The molecule has 1 aromatic rings. The molecule has 4 N–H and O–H groups in total. The number of benzene rings is 1. The minimum Gasteiger partial charge on any atom is -0.385 e. The van der Waals surface area contributed by atoms with Gasteiger partial charge in [-0.1, -0.05) is 55.8 Å². The van der Waals surface area contributed by atoms with E-state index in [1.807, 2.05) is 30.1 Å². The third-order valence-electron chi connectivity index (χ3n) is 7.79. The number of amides is 3. The van der Waals surface area contributed by atoms with E-state index < -0.39 is 5.60 Å². The van der Waals surface area contributed by atoms with Gasteiger partial charge in [0.25, 0.3) is 0 Å². The van der Waals surface area contributed by atoms with E-state index in [9.17, 15) is 14.7 Å². The average molecular weight is 507 g/mol. The fourth-order valence-electron chi connectivity index (χ4n) is 5.94. The fraction of sp³-hybridized carbons (Fsp3) is 0.704. The van der Waals surface area contributed by atoms with Crippen molar-refractivity contribution in [3.05, 3.63) is 34.9 Å². The molecule has 1 aliphatic heterocycles. The Morgan fingerprint density at radius 2 is 2.06 bits per heavy atom. The molecular weight excluding hydrogens is 464 g/mol. The quantitative estimate of drug-likeness (QED) is 0.254. The number of aliphatic hydroxyl groups is 1. The summed E-state index contributed by atoms with van der Waals surface area (Å²) in [5.41, 5.74) is -0.352. The summed E-state index contributed by atoms with van der Waals surface area (Å²) < 4.78 is 0. The lowest BCUT2D eigenvalue weighted by molar-refractivity contribution is -0.109. The van der Waals surface area contributed by atoms with Crippen LogP contribution in [0.5, 0.6) is 0 Å². The Morgan fingerprint density at radius 3 is 2.77 bits per heavy atom. The van der Waals surface area contributed by atoms with Gasteiger partial charge in [0.1, 0.15) is 0 Å². The normalized spacial score (nSPS) is 21.7. The van der Waals surface area contributed by atoms with Gasteiger partial charge < -0.3 is 26.0 Å². The summed E-state index contributed by atoms with van der Waals surface area (Å²) in [6, 6.07) is 7.45. The Bertz CT molecular complexity index is 804. The second kappa shape index (κ2) is 14.0. The van der Waals surface area contributed by atoms with Crippen molar-refractivity contribution in [3.8, 4) is 0 Å². The number of urea groups is 1. The first-order valence-corrected chi connectivity index (χ1v) is 13.7. The Hall–Kier alpha value is -1.83. The van der Waals surface area contributed by atoms with Gasteiger partial charge in [0.05, 0.1) is 5.60 Å². The summed E-state index contributed by atoms with van der Waals surface area (Å²) in [6.45, 7) is 2.44. The molecule has 1 aromatic carbocycles. The van der Waals surface area contributed by atoms with E-state index in [2.05, 4.69) is 16.0 Å². The minimum absolute atomic E-state index is 0.0400. The topological polar surface area (TPSA) is 93.7 Å². The number of likely N-dealkylation sites (tertiary alicyclic amines) is 1. The van der Waals surface area contributed by atoms with Crippen molar-refractivity contribution in [3.63, 3.8) is 0 Å². The van der Waals surface area contributed by atoms with Gasteiger partial charge in [-0.25, -0.2) is 4.79 Å². The lowest BCUT2D eigenvalue weighted by Crippen LogP contribution is -2.54. The van der Waals surface area contributed by atoms with Gasteiger partial charge in [-0.2, -0.15) is 0 Å². The smallest absolute Gasteiger partial charge is 0.317 e. The second-order valence-corrected chi connectivity index (χ2v) is 10.8. The van der Waals surface area contributed by atoms with E-state index in [1.54, 1.807) is 6.07 Å². The van der Waals surface area contributed by atoms with E-state index in [1.165, 1.54) is 32.1 Å². The van der Waals surface area contributed by atoms with Gasteiger partial charge in [-0.15, -0.1) is 0 Å². The number of rotatable bonds is 12. The van der Waals surface area contributed by atoms with Crippen LogP contribution in [0, 0.1) is 11.8 Å². The second-order valence-electron chi connectivity index (χ2n) is 10.3. The predicted molar refractivity (Wildman–Crippen MR) is 140 cm³/mol. The highest BCUT2D eigenvalue weighted by Gasteiger charge is 2.41. The van der Waals surface area contributed by atoms with E-state index in [4.69, 9.17) is 11.6 Å². The van der Waals surface area contributed by atoms with E-state index in [-0.39, 0.29) is 18.0 Å². The minimum atomic E-state index is -1.12. The molecule has 8 heteroatoms. The molecule has 7 nitrogen and oxygen atoms in total. The molecule has 0 unspecified atom stereocenters. The van der Waals surface area contributed by atoms with Crippen LogP contribution in [0.15, 0.2) is 24.3 Å². The van der Waals surface area contributed by atoms with Crippen molar-refractivity contribution < 1.29 is 14.7 Å². The Morgan fingerprint density at radius 1 is 1.26 bits per heavy atom. The van der Waals surface area contributed by atoms with Crippen LogP contribution in [-0.2, 0) is 10.4 Å². The molecule has 3 rings (SSSR count). The molecule has 196 valence electrons.